The number of likely N-dealkylation sites (N-methyl/N-ethyl adjacent to an activating group) is 1. The number of para-hydroxylation sites is 2. The van der Waals surface area contributed by atoms with Gasteiger partial charge in [0.05, 0.1) is 11.0 Å². The van der Waals surface area contributed by atoms with Crippen LogP contribution in [-0.2, 0) is 4.79 Å². The number of nitro benzene ring substituents is 1. The summed E-state index contributed by atoms with van der Waals surface area (Å²) in [7, 11) is 2.14. The molecule has 1 amide bonds. The van der Waals surface area contributed by atoms with Crippen LogP contribution >= 0.6 is 0 Å². The van der Waals surface area contributed by atoms with E-state index in [-0.39, 0.29) is 28.5 Å². The van der Waals surface area contributed by atoms with Crippen molar-refractivity contribution < 1.29 is 9.72 Å². The van der Waals surface area contributed by atoms with Crippen LogP contribution in [0, 0.1) is 16.0 Å². The molecule has 1 atom stereocenters. The number of piperazine rings is 1. The normalized spacial score (nSPS) is 19.2. The summed E-state index contributed by atoms with van der Waals surface area (Å²) in [5.41, 5.74) is 1.89. The first kappa shape index (κ1) is 23.2. The Morgan fingerprint density at radius 1 is 1.00 bits per heavy atom. The molecule has 2 aromatic rings. The van der Waals surface area contributed by atoms with Crippen molar-refractivity contribution in [3.63, 3.8) is 0 Å². The van der Waals surface area contributed by atoms with Gasteiger partial charge in [0, 0.05) is 57.8 Å². The molecule has 2 aliphatic heterocycles. The van der Waals surface area contributed by atoms with Crippen molar-refractivity contribution in [1.29, 1.82) is 0 Å². The summed E-state index contributed by atoms with van der Waals surface area (Å²) in [5, 5.41) is 14.7. The topological polar surface area (TPSA) is 82.0 Å². The molecule has 2 saturated heterocycles. The summed E-state index contributed by atoms with van der Waals surface area (Å²) < 4.78 is 0. The van der Waals surface area contributed by atoms with Gasteiger partial charge in [0.1, 0.15) is 5.69 Å². The van der Waals surface area contributed by atoms with E-state index in [2.05, 4.69) is 34.3 Å². The number of nitrogens with one attached hydrogen (secondary N) is 1. The minimum absolute atomic E-state index is 0.0460. The third-order valence-corrected chi connectivity index (χ3v) is 6.84. The predicted octanol–water partition coefficient (Wildman–Crippen LogP) is 2.92. The van der Waals surface area contributed by atoms with Gasteiger partial charge in [-0.05, 0) is 31.5 Å². The molecular formula is C25H33N5O3. The molecule has 0 spiro atoms. The Morgan fingerprint density at radius 3 is 2.30 bits per heavy atom. The standard InChI is InChI=1S/C25H33N5O3/c1-27-15-17-28(18-16-27)19-22(20-7-3-2-4-8-20)26-25(31)21-11-13-29(14-12-21)23-9-5-6-10-24(23)30(32)33/h2-10,21-22H,11-19H2,1H3,(H,26,31). The van der Waals surface area contributed by atoms with Crippen molar-refractivity contribution in [1.82, 2.24) is 15.1 Å². The number of anilines is 1. The lowest BCUT2D eigenvalue weighted by atomic mass is 9.94. The summed E-state index contributed by atoms with van der Waals surface area (Å²) in [6.07, 6.45) is 1.38. The highest BCUT2D eigenvalue weighted by atomic mass is 16.6. The molecule has 0 aliphatic carbocycles. The molecule has 2 aliphatic rings. The first-order valence-corrected chi connectivity index (χ1v) is 11.8. The second-order valence-electron chi connectivity index (χ2n) is 9.08. The van der Waals surface area contributed by atoms with E-state index in [9.17, 15) is 14.9 Å². The molecule has 176 valence electrons. The number of hydrogen-bond donors (Lipinski definition) is 1. The van der Waals surface area contributed by atoms with Crippen LogP contribution in [0.4, 0.5) is 11.4 Å². The van der Waals surface area contributed by atoms with E-state index in [1.54, 1.807) is 12.1 Å². The maximum Gasteiger partial charge on any atom is 0.292 e. The van der Waals surface area contributed by atoms with Crippen molar-refractivity contribution in [2.45, 2.75) is 18.9 Å². The van der Waals surface area contributed by atoms with Crippen molar-refractivity contribution >= 4 is 17.3 Å². The number of nitrogens with zero attached hydrogens (tertiary/aromatic N) is 4. The summed E-state index contributed by atoms with van der Waals surface area (Å²) >= 11 is 0. The van der Waals surface area contributed by atoms with Crippen LogP contribution < -0.4 is 10.2 Å². The van der Waals surface area contributed by atoms with Crippen LogP contribution in [0.25, 0.3) is 0 Å². The van der Waals surface area contributed by atoms with Gasteiger partial charge in [0.25, 0.3) is 5.69 Å². The Kier molecular flexibility index (Phi) is 7.57. The van der Waals surface area contributed by atoms with Crippen LogP contribution in [0.1, 0.15) is 24.4 Å². The Labute approximate surface area is 195 Å². The second kappa shape index (κ2) is 10.8. The van der Waals surface area contributed by atoms with Gasteiger partial charge in [-0.25, -0.2) is 0 Å². The highest BCUT2D eigenvalue weighted by Crippen LogP contribution is 2.31. The van der Waals surface area contributed by atoms with Gasteiger partial charge < -0.3 is 15.1 Å². The zero-order valence-corrected chi connectivity index (χ0v) is 19.2. The fourth-order valence-corrected chi connectivity index (χ4v) is 4.77. The van der Waals surface area contributed by atoms with Gasteiger partial charge in [-0.2, -0.15) is 0 Å². The maximum atomic E-state index is 13.2. The third-order valence-electron chi connectivity index (χ3n) is 6.84. The number of nitro groups is 1. The Hall–Kier alpha value is -2.97. The van der Waals surface area contributed by atoms with E-state index in [0.717, 1.165) is 38.3 Å². The third kappa shape index (κ3) is 5.89. The molecule has 0 radical (unpaired) electrons. The lowest BCUT2D eigenvalue weighted by Crippen LogP contribution is -2.49. The molecule has 0 aromatic heterocycles. The van der Waals surface area contributed by atoms with Gasteiger partial charge in [-0.3, -0.25) is 19.8 Å². The van der Waals surface area contributed by atoms with Crippen LogP contribution in [0.15, 0.2) is 54.6 Å². The zero-order valence-electron chi connectivity index (χ0n) is 19.2. The first-order valence-electron chi connectivity index (χ1n) is 11.8. The molecule has 8 nitrogen and oxygen atoms in total. The largest absolute Gasteiger partial charge is 0.366 e. The summed E-state index contributed by atoms with van der Waals surface area (Å²) in [5.74, 6) is 0.00270. The highest BCUT2D eigenvalue weighted by Gasteiger charge is 2.30. The molecule has 4 rings (SSSR count). The number of carbonyl (C=O) groups excluding carboxylic acids is 1. The molecule has 2 aromatic carbocycles. The molecule has 2 heterocycles. The smallest absolute Gasteiger partial charge is 0.292 e. The summed E-state index contributed by atoms with van der Waals surface area (Å²) in [4.78, 5) is 31.1. The van der Waals surface area contributed by atoms with Gasteiger partial charge in [-0.1, -0.05) is 42.5 Å². The first-order chi connectivity index (χ1) is 16.0. The van der Waals surface area contributed by atoms with Gasteiger partial charge >= 0.3 is 0 Å². The number of rotatable bonds is 7. The van der Waals surface area contributed by atoms with E-state index in [1.807, 2.05) is 29.2 Å². The van der Waals surface area contributed by atoms with E-state index >= 15 is 0 Å². The minimum atomic E-state index is -0.336. The van der Waals surface area contributed by atoms with Crippen molar-refractivity contribution in [2.24, 2.45) is 5.92 Å². The van der Waals surface area contributed by atoms with E-state index < -0.39 is 0 Å². The van der Waals surface area contributed by atoms with Gasteiger partial charge in [-0.15, -0.1) is 0 Å². The average Bonchev–Trinajstić information content (AvgIpc) is 2.85. The van der Waals surface area contributed by atoms with E-state index in [4.69, 9.17) is 0 Å². The van der Waals surface area contributed by atoms with E-state index in [1.165, 1.54) is 6.07 Å². The summed E-state index contributed by atoms with van der Waals surface area (Å²) in [6.45, 7) is 6.17. The molecule has 0 bridgehead atoms. The van der Waals surface area contributed by atoms with E-state index in [0.29, 0.717) is 31.6 Å². The fourth-order valence-electron chi connectivity index (χ4n) is 4.77. The lowest BCUT2D eigenvalue weighted by Gasteiger charge is -2.36. The van der Waals surface area contributed by atoms with Crippen LogP contribution in [0.3, 0.4) is 0 Å². The predicted molar refractivity (Wildman–Crippen MR) is 129 cm³/mol. The van der Waals surface area contributed by atoms with Crippen LogP contribution in [-0.4, -0.2) is 73.5 Å². The Bertz CT molecular complexity index is 938. The van der Waals surface area contributed by atoms with Crippen LogP contribution in [0.2, 0.25) is 0 Å². The number of benzene rings is 2. The Morgan fingerprint density at radius 2 is 1.64 bits per heavy atom. The molecule has 1 N–H and O–H groups in total. The van der Waals surface area contributed by atoms with Gasteiger partial charge in [0.2, 0.25) is 5.91 Å². The lowest BCUT2D eigenvalue weighted by molar-refractivity contribution is -0.384. The minimum Gasteiger partial charge on any atom is -0.366 e. The molecule has 2 fully saturated rings. The second-order valence-corrected chi connectivity index (χ2v) is 9.08. The molecule has 0 saturated carbocycles. The highest BCUT2D eigenvalue weighted by molar-refractivity contribution is 5.79. The maximum absolute atomic E-state index is 13.2. The molecular weight excluding hydrogens is 418 g/mol. The van der Waals surface area contributed by atoms with Crippen molar-refractivity contribution in [3.05, 3.63) is 70.3 Å². The number of piperidine rings is 1. The number of hydrogen-bond acceptors (Lipinski definition) is 6. The quantitative estimate of drug-likeness (QED) is 0.515. The molecule has 1 unspecified atom stereocenters. The fraction of sp³-hybridized carbons (Fsp3) is 0.480. The average molecular weight is 452 g/mol. The molecule has 33 heavy (non-hydrogen) atoms. The van der Waals surface area contributed by atoms with Crippen LogP contribution in [0.5, 0.6) is 0 Å². The number of amides is 1. The monoisotopic (exact) mass is 451 g/mol. The van der Waals surface area contributed by atoms with Crippen molar-refractivity contribution in [3.8, 4) is 0 Å². The van der Waals surface area contributed by atoms with Crippen molar-refractivity contribution in [2.75, 3.05) is 57.8 Å². The zero-order chi connectivity index (χ0) is 23.2. The summed E-state index contributed by atoms with van der Waals surface area (Å²) in [6, 6.07) is 17.0. The Balaban J connectivity index is 1.38. The SMILES string of the molecule is CN1CCN(CC(NC(=O)C2CCN(c3ccccc3[N+](=O)[O-])CC2)c2ccccc2)CC1. The molecule has 8 heteroatoms. The van der Waals surface area contributed by atoms with Gasteiger partial charge in [0.15, 0.2) is 0 Å². The number of carbonyl (C=O) groups is 1.